The molecule has 0 bridgehead atoms. The van der Waals surface area contributed by atoms with Gasteiger partial charge >= 0.3 is 0 Å². The van der Waals surface area contributed by atoms with Gasteiger partial charge in [-0.25, -0.2) is 0 Å². The zero-order chi connectivity index (χ0) is 13.9. The van der Waals surface area contributed by atoms with Crippen molar-refractivity contribution in [2.45, 2.75) is 18.9 Å². The van der Waals surface area contributed by atoms with Gasteiger partial charge in [0.15, 0.2) is 0 Å². The maximum Gasteiger partial charge on any atom is 0.0371 e. The standard InChI is InChI=1S/C18H24N2/c1-20(2)18(15-9-11-19-12-10-15)17-8-7-14-5-3-4-6-16(14)13-17/h3-8,13,15,18-19H,9-12H2,1-2H3. The van der Waals surface area contributed by atoms with Gasteiger partial charge in [0.05, 0.1) is 0 Å². The van der Waals surface area contributed by atoms with Crippen LogP contribution in [-0.4, -0.2) is 32.1 Å². The van der Waals surface area contributed by atoms with Crippen molar-refractivity contribution in [3.8, 4) is 0 Å². The first kappa shape index (κ1) is 13.6. The van der Waals surface area contributed by atoms with Crippen LogP contribution in [0.5, 0.6) is 0 Å². The summed E-state index contributed by atoms with van der Waals surface area (Å²) in [6, 6.07) is 16.1. The summed E-state index contributed by atoms with van der Waals surface area (Å²) < 4.78 is 0. The van der Waals surface area contributed by atoms with Crippen molar-refractivity contribution in [2.75, 3.05) is 27.2 Å². The molecule has 3 rings (SSSR count). The first-order valence-electron chi connectivity index (χ1n) is 7.61. The molecule has 106 valence electrons. The highest BCUT2D eigenvalue weighted by Crippen LogP contribution is 2.34. The van der Waals surface area contributed by atoms with Crippen molar-refractivity contribution in [3.63, 3.8) is 0 Å². The first-order valence-corrected chi connectivity index (χ1v) is 7.61. The van der Waals surface area contributed by atoms with Crippen molar-refractivity contribution >= 4 is 10.8 Å². The Kier molecular flexibility index (Phi) is 4.04. The van der Waals surface area contributed by atoms with Gasteiger partial charge < -0.3 is 10.2 Å². The van der Waals surface area contributed by atoms with Gasteiger partial charge in [0.2, 0.25) is 0 Å². The molecule has 1 aliphatic heterocycles. The minimum atomic E-state index is 0.529. The zero-order valence-electron chi connectivity index (χ0n) is 12.5. The van der Waals surface area contributed by atoms with Crippen LogP contribution in [0.2, 0.25) is 0 Å². The molecule has 1 atom stereocenters. The van der Waals surface area contributed by atoms with E-state index < -0.39 is 0 Å². The summed E-state index contributed by atoms with van der Waals surface area (Å²) in [5.74, 6) is 0.757. The molecule has 0 amide bonds. The molecule has 0 aromatic heterocycles. The molecule has 0 saturated carbocycles. The van der Waals surface area contributed by atoms with E-state index in [1.54, 1.807) is 0 Å². The van der Waals surface area contributed by atoms with Gasteiger partial charge in [-0.2, -0.15) is 0 Å². The highest BCUT2D eigenvalue weighted by molar-refractivity contribution is 5.83. The van der Waals surface area contributed by atoms with Crippen LogP contribution in [0.3, 0.4) is 0 Å². The SMILES string of the molecule is CN(C)C(c1ccc2ccccc2c1)C1CCNCC1. The van der Waals surface area contributed by atoms with Gasteiger partial charge in [0.25, 0.3) is 0 Å². The van der Waals surface area contributed by atoms with E-state index in [0.717, 1.165) is 19.0 Å². The maximum atomic E-state index is 3.47. The van der Waals surface area contributed by atoms with Crippen LogP contribution >= 0.6 is 0 Å². The van der Waals surface area contributed by atoms with Crippen molar-refractivity contribution in [1.82, 2.24) is 10.2 Å². The van der Waals surface area contributed by atoms with Gasteiger partial charge in [-0.15, -0.1) is 0 Å². The van der Waals surface area contributed by atoms with Gasteiger partial charge in [-0.3, -0.25) is 0 Å². The van der Waals surface area contributed by atoms with Crippen molar-refractivity contribution in [2.24, 2.45) is 5.92 Å². The second-order valence-corrected chi connectivity index (χ2v) is 6.10. The molecule has 2 aromatic rings. The third-order valence-electron chi connectivity index (χ3n) is 4.50. The molecular formula is C18H24N2. The van der Waals surface area contributed by atoms with Crippen molar-refractivity contribution in [3.05, 3.63) is 48.0 Å². The fourth-order valence-electron chi connectivity index (χ4n) is 3.54. The number of rotatable bonds is 3. The third-order valence-corrected chi connectivity index (χ3v) is 4.50. The van der Waals surface area contributed by atoms with Crippen LogP contribution in [0, 0.1) is 5.92 Å². The summed E-state index contributed by atoms with van der Waals surface area (Å²) in [5, 5.41) is 6.16. The van der Waals surface area contributed by atoms with E-state index in [0.29, 0.717) is 6.04 Å². The summed E-state index contributed by atoms with van der Waals surface area (Å²) in [5.41, 5.74) is 1.46. The van der Waals surface area contributed by atoms with Gasteiger partial charge in [-0.05, 0) is 68.3 Å². The number of hydrogen-bond acceptors (Lipinski definition) is 2. The van der Waals surface area contributed by atoms with Crippen LogP contribution in [0.25, 0.3) is 10.8 Å². The lowest BCUT2D eigenvalue weighted by atomic mass is 9.84. The van der Waals surface area contributed by atoms with Crippen LogP contribution in [-0.2, 0) is 0 Å². The fraction of sp³-hybridized carbons (Fsp3) is 0.444. The second kappa shape index (κ2) is 5.94. The molecule has 1 N–H and O–H groups in total. The van der Waals surface area contributed by atoms with E-state index in [1.165, 1.54) is 29.2 Å². The Balaban J connectivity index is 1.95. The molecule has 2 heteroatoms. The average Bonchev–Trinajstić information content (AvgIpc) is 2.48. The molecule has 0 spiro atoms. The molecule has 1 heterocycles. The summed E-state index contributed by atoms with van der Waals surface area (Å²) in [6.07, 6.45) is 2.55. The lowest BCUT2D eigenvalue weighted by Crippen LogP contribution is -2.35. The molecule has 1 unspecified atom stereocenters. The summed E-state index contributed by atoms with van der Waals surface area (Å²) in [6.45, 7) is 2.31. The topological polar surface area (TPSA) is 15.3 Å². The lowest BCUT2D eigenvalue weighted by molar-refractivity contribution is 0.178. The molecule has 1 saturated heterocycles. The first-order chi connectivity index (χ1) is 9.75. The fourth-order valence-corrected chi connectivity index (χ4v) is 3.54. The third kappa shape index (κ3) is 2.72. The number of nitrogens with one attached hydrogen (secondary N) is 1. The van der Waals surface area contributed by atoms with E-state index in [1.807, 2.05) is 0 Å². The number of fused-ring (bicyclic) bond motifs is 1. The minimum Gasteiger partial charge on any atom is -0.317 e. The molecule has 2 aromatic carbocycles. The Bertz CT molecular complexity index is 570. The largest absolute Gasteiger partial charge is 0.317 e. The van der Waals surface area contributed by atoms with Crippen LogP contribution < -0.4 is 5.32 Å². The number of benzene rings is 2. The zero-order valence-corrected chi connectivity index (χ0v) is 12.5. The Morgan fingerprint density at radius 2 is 1.70 bits per heavy atom. The van der Waals surface area contributed by atoms with Crippen LogP contribution in [0.1, 0.15) is 24.4 Å². The van der Waals surface area contributed by atoms with Gasteiger partial charge in [-0.1, -0.05) is 36.4 Å². The summed E-state index contributed by atoms with van der Waals surface area (Å²) >= 11 is 0. The molecule has 0 aliphatic carbocycles. The smallest absolute Gasteiger partial charge is 0.0371 e. The Hall–Kier alpha value is -1.38. The molecule has 2 nitrogen and oxygen atoms in total. The molecule has 1 fully saturated rings. The van der Waals surface area contributed by atoms with Gasteiger partial charge in [0, 0.05) is 6.04 Å². The normalized spacial score (nSPS) is 18.6. The predicted molar refractivity (Wildman–Crippen MR) is 86.0 cm³/mol. The van der Waals surface area contributed by atoms with Crippen molar-refractivity contribution < 1.29 is 0 Å². The predicted octanol–water partition coefficient (Wildman–Crippen LogP) is 3.44. The van der Waals surface area contributed by atoms with E-state index in [9.17, 15) is 0 Å². The highest BCUT2D eigenvalue weighted by Gasteiger charge is 2.26. The van der Waals surface area contributed by atoms with Crippen molar-refractivity contribution in [1.29, 1.82) is 0 Å². The highest BCUT2D eigenvalue weighted by atomic mass is 15.1. The summed E-state index contributed by atoms with van der Waals surface area (Å²) in [4.78, 5) is 2.39. The van der Waals surface area contributed by atoms with E-state index in [4.69, 9.17) is 0 Å². The quantitative estimate of drug-likeness (QED) is 0.917. The van der Waals surface area contributed by atoms with Gasteiger partial charge in [0.1, 0.15) is 0 Å². The number of piperidine rings is 1. The molecule has 20 heavy (non-hydrogen) atoms. The maximum absolute atomic E-state index is 3.47. The average molecular weight is 268 g/mol. The molecule has 0 radical (unpaired) electrons. The van der Waals surface area contributed by atoms with E-state index in [-0.39, 0.29) is 0 Å². The van der Waals surface area contributed by atoms with Crippen LogP contribution in [0.15, 0.2) is 42.5 Å². The number of nitrogens with zero attached hydrogens (tertiary/aromatic N) is 1. The number of hydrogen-bond donors (Lipinski definition) is 1. The van der Waals surface area contributed by atoms with E-state index >= 15 is 0 Å². The minimum absolute atomic E-state index is 0.529. The Morgan fingerprint density at radius 1 is 1.00 bits per heavy atom. The van der Waals surface area contributed by atoms with Crippen LogP contribution in [0.4, 0.5) is 0 Å². The Labute approximate surface area is 121 Å². The molecule has 1 aliphatic rings. The Morgan fingerprint density at radius 3 is 2.40 bits per heavy atom. The monoisotopic (exact) mass is 268 g/mol. The second-order valence-electron chi connectivity index (χ2n) is 6.10. The molecular weight excluding hydrogens is 244 g/mol. The van der Waals surface area contributed by atoms with E-state index in [2.05, 4.69) is 66.8 Å². The summed E-state index contributed by atoms with van der Waals surface area (Å²) in [7, 11) is 4.42. The lowest BCUT2D eigenvalue weighted by Gasteiger charge is -2.35.